The van der Waals surface area contributed by atoms with Crippen LogP contribution in [0.5, 0.6) is 0 Å². The summed E-state index contributed by atoms with van der Waals surface area (Å²) in [7, 11) is 0. The molecule has 0 bridgehead atoms. The SMILES string of the molecule is CCc1c(CC)c(C(=O)O)c(C)c(C(=O)O)c1CC. The van der Waals surface area contributed by atoms with Gasteiger partial charge in [-0.05, 0) is 48.4 Å². The van der Waals surface area contributed by atoms with Gasteiger partial charge in [0, 0.05) is 0 Å². The summed E-state index contributed by atoms with van der Waals surface area (Å²) in [6.07, 6.45) is 1.84. The van der Waals surface area contributed by atoms with Crippen LogP contribution in [0.2, 0.25) is 0 Å². The van der Waals surface area contributed by atoms with Crippen LogP contribution in [0, 0.1) is 6.92 Å². The second-order valence-electron chi connectivity index (χ2n) is 4.48. The van der Waals surface area contributed by atoms with Crippen molar-refractivity contribution in [3.05, 3.63) is 33.4 Å². The molecular weight excluding hydrogens is 244 g/mol. The van der Waals surface area contributed by atoms with Crippen molar-refractivity contribution in [3.8, 4) is 0 Å². The largest absolute Gasteiger partial charge is 0.478 e. The Morgan fingerprint density at radius 1 is 0.789 bits per heavy atom. The van der Waals surface area contributed by atoms with Crippen molar-refractivity contribution in [3.63, 3.8) is 0 Å². The van der Waals surface area contributed by atoms with Gasteiger partial charge in [0.2, 0.25) is 0 Å². The number of carboxylic acid groups (broad SMARTS) is 2. The number of hydrogen-bond acceptors (Lipinski definition) is 2. The summed E-state index contributed by atoms with van der Waals surface area (Å²) < 4.78 is 0. The van der Waals surface area contributed by atoms with Gasteiger partial charge in [-0.2, -0.15) is 0 Å². The molecule has 1 aromatic carbocycles. The monoisotopic (exact) mass is 264 g/mol. The van der Waals surface area contributed by atoms with Crippen LogP contribution < -0.4 is 0 Å². The molecule has 0 aromatic heterocycles. The van der Waals surface area contributed by atoms with Gasteiger partial charge in [-0.3, -0.25) is 0 Å². The van der Waals surface area contributed by atoms with E-state index in [0.717, 1.165) is 16.7 Å². The van der Waals surface area contributed by atoms with E-state index in [0.29, 0.717) is 24.8 Å². The molecule has 0 aliphatic carbocycles. The highest BCUT2D eigenvalue weighted by Gasteiger charge is 2.25. The number of hydrogen-bond donors (Lipinski definition) is 2. The predicted molar refractivity (Wildman–Crippen MR) is 73.2 cm³/mol. The van der Waals surface area contributed by atoms with Crippen molar-refractivity contribution < 1.29 is 19.8 Å². The molecule has 2 N–H and O–H groups in total. The first-order valence-corrected chi connectivity index (χ1v) is 6.54. The van der Waals surface area contributed by atoms with E-state index in [2.05, 4.69) is 0 Å². The van der Waals surface area contributed by atoms with Crippen molar-refractivity contribution in [1.82, 2.24) is 0 Å². The van der Waals surface area contributed by atoms with Crippen LogP contribution in [0.25, 0.3) is 0 Å². The molecule has 19 heavy (non-hydrogen) atoms. The molecule has 0 saturated heterocycles. The molecule has 0 atom stereocenters. The molecule has 0 fully saturated rings. The Kier molecular flexibility index (Phi) is 4.70. The summed E-state index contributed by atoms with van der Waals surface area (Å²) in [5.74, 6) is -2.09. The van der Waals surface area contributed by atoms with Crippen molar-refractivity contribution in [2.24, 2.45) is 0 Å². The van der Waals surface area contributed by atoms with E-state index < -0.39 is 11.9 Å². The van der Waals surface area contributed by atoms with E-state index in [1.165, 1.54) is 0 Å². The zero-order valence-corrected chi connectivity index (χ0v) is 11.8. The van der Waals surface area contributed by atoms with Crippen LogP contribution >= 0.6 is 0 Å². The molecule has 4 nitrogen and oxygen atoms in total. The van der Waals surface area contributed by atoms with Gasteiger partial charge in [-0.1, -0.05) is 20.8 Å². The number of carboxylic acids is 2. The van der Waals surface area contributed by atoms with E-state index >= 15 is 0 Å². The Hall–Kier alpha value is -1.84. The molecule has 0 unspecified atom stereocenters. The third-order valence-corrected chi connectivity index (χ3v) is 3.57. The molecule has 0 amide bonds. The van der Waals surface area contributed by atoms with E-state index in [9.17, 15) is 19.8 Å². The van der Waals surface area contributed by atoms with Crippen LogP contribution in [0.3, 0.4) is 0 Å². The normalized spacial score (nSPS) is 10.5. The van der Waals surface area contributed by atoms with Gasteiger partial charge in [0.25, 0.3) is 0 Å². The molecule has 0 aliphatic heterocycles. The maximum Gasteiger partial charge on any atom is 0.336 e. The highest BCUT2D eigenvalue weighted by Crippen LogP contribution is 2.30. The summed E-state index contributed by atoms with van der Waals surface area (Å²) in [5, 5.41) is 18.7. The number of rotatable bonds is 5. The lowest BCUT2D eigenvalue weighted by atomic mass is 9.84. The van der Waals surface area contributed by atoms with Gasteiger partial charge in [0.15, 0.2) is 0 Å². The van der Waals surface area contributed by atoms with Crippen molar-refractivity contribution >= 4 is 11.9 Å². The minimum Gasteiger partial charge on any atom is -0.478 e. The molecule has 0 saturated carbocycles. The summed E-state index contributed by atoms with van der Waals surface area (Å²) in [5.41, 5.74) is 3.11. The lowest BCUT2D eigenvalue weighted by Gasteiger charge is -2.20. The molecule has 0 heterocycles. The Morgan fingerprint density at radius 3 is 1.32 bits per heavy atom. The van der Waals surface area contributed by atoms with Gasteiger partial charge in [-0.25, -0.2) is 9.59 Å². The fraction of sp³-hybridized carbons (Fsp3) is 0.467. The summed E-state index contributed by atoms with van der Waals surface area (Å²) >= 11 is 0. The van der Waals surface area contributed by atoms with E-state index in [1.54, 1.807) is 6.92 Å². The lowest BCUT2D eigenvalue weighted by molar-refractivity contribution is 0.0694. The topological polar surface area (TPSA) is 74.6 Å². The van der Waals surface area contributed by atoms with Crippen LogP contribution in [-0.2, 0) is 19.3 Å². The van der Waals surface area contributed by atoms with Gasteiger partial charge >= 0.3 is 11.9 Å². The Labute approximate surface area is 113 Å². The number of carbonyl (C=O) groups is 2. The average molecular weight is 264 g/mol. The molecule has 1 aromatic rings. The van der Waals surface area contributed by atoms with Crippen molar-refractivity contribution in [1.29, 1.82) is 0 Å². The first kappa shape index (κ1) is 15.2. The van der Waals surface area contributed by atoms with Gasteiger partial charge < -0.3 is 10.2 Å². The minimum absolute atomic E-state index is 0.161. The highest BCUT2D eigenvalue weighted by molar-refractivity contribution is 5.99. The second kappa shape index (κ2) is 5.87. The lowest BCUT2D eigenvalue weighted by Crippen LogP contribution is -2.17. The van der Waals surface area contributed by atoms with Crippen LogP contribution in [-0.4, -0.2) is 22.2 Å². The molecule has 0 radical (unpaired) electrons. The first-order chi connectivity index (χ1) is 8.90. The third-order valence-electron chi connectivity index (χ3n) is 3.57. The smallest absolute Gasteiger partial charge is 0.336 e. The number of aromatic carboxylic acids is 2. The van der Waals surface area contributed by atoms with E-state index in [1.807, 2.05) is 20.8 Å². The minimum atomic E-state index is -1.05. The Bertz CT molecular complexity index is 486. The predicted octanol–water partition coefficient (Wildman–Crippen LogP) is 3.08. The van der Waals surface area contributed by atoms with Crippen LogP contribution in [0.4, 0.5) is 0 Å². The van der Waals surface area contributed by atoms with Crippen LogP contribution in [0.1, 0.15) is 63.7 Å². The fourth-order valence-electron chi connectivity index (χ4n) is 2.85. The van der Waals surface area contributed by atoms with Crippen molar-refractivity contribution in [2.45, 2.75) is 47.0 Å². The summed E-state index contributed by atoms with van der Waals surface area (Å²) in [6, 6.07) is 0. The number of benzene rings is 1. The quantitative estimate of drug-likeness (QED) is 0.857. The first-order valence-electron chi connectivity index (χ1n) is 6.54. The zero-order chi connectivity index (χ0) is 14.7. The fourth-order valence-corrected chi connectivity index (χ4v) is 2.85. The summed E-state index contributed by atoms with van der Waals surface area (Å²) in [6.45, 7) is 7.32. The van der Waals surface area contributed by atoms with E-state index in [-0.39, 0.29) is 11.1 Å². The second-order valence-corrected chi connectivity index (χ2v) is 4.48. The van der Waals surface area contributed by atoms with Gasteiger partial charge in [-0.15, -0.1) is 0 Å². The molecule has 1 rings (SSSR count). The maximum atomic E-state index is 11.5. The highest BCUT2D eigenvalue weighted by atomic mass is 16.4. The summed E-state index contributed by atoms with van der Waals surface area (Å²) in [4.78, 5) is 22.9. The third kappa shape index (κ3) is 2.48. The van der Waals surface area contributed by atoms with Crippen molar-refractivity contribution in [2.75, 3.05) is 0 Å². The molecule has 4 heteroatoms. The molecule has 0 aliphatic rings. The van der Waals surface area contributed by atoms with Crippen LogP contribution in [0.15, 0.2) is 0 Å². The standard InChI is InChI=1S/C15H20O4/c1-5-9-10(6-2)12(14(16)17)8(4)13(15(18)19)11(9)7-3/h5-7H2,1-4H3,(H,16,17)(H,18,19). The Morgan fingerprint density at radius 2 is 1.11 bits per heavy atom. The molecular formula is C15H20O4. The van der Waals surface area contributed by atoms with Gasteiger partial charge in [0.1, 0.15) is 0 Å². The molecule has 104 valence electrons. The van der Waals surface area contributed by atoms with E-state index in [4.69, 9.17) is 0 Å². The Balaban J connectivity index is 3.91. The van der Waals surface area contributed by atoms with Gasteiger partial charge in [0.05, 0.1) is 11.1 Å². The average Bonchev–Trinajstić information content (AvgIpc) is 2.35. The zero-order valence-electron chi connectivity index (χ0n) is 11.8. The molecule has 0 spiro atoms. The maximum absolute atomic E-state index is 11.5.